The van der Waals surface area contributed by atoms with Crippen molar-refractivity contribution in [2.75, 3.05) is 39.9 Å². The number of aromatic hydroxyl groups is 1. The van der Waals surface area contributed by atoms with Crippen LogP contribution in [0, 0.1) is 5.41 Å². The Balaban J connectivity index is 1.66. The molecule has 1 amide bonds. The molecule has 1 aromatic carbocycles. The summed E-state index contributed by atoms with van der Waals surface area (Å²) in [5.74, 6) is 0.824. The molecule has 0 aromatic heterocycles. The number of hydrogen-bond acceptors (Lipinski definition) is 5. The third kappa shape index (κ3) is 4.07. The highest BCUT2D eigenvalue weighted by atomic mass is 16.5. The number of rotatable bonds is 5. The topological polar surface area (TPSA) is 73.2 Å². The molecule has 2 heterocycles. The summed E-state index contributed by atoms with van der Waals surface area (Å²) in [6.45, 7) is 3.98. The molecular formula is C19H28N2O4. The van der Waals surface area contributed by atoms with Crippen molar-refractivity contribution in [3.05, 3.63) is 23.8 Å². The monoisotopic (exact) mass is 348 g/mol. The van der Waals surface area contributed by atoms with E-state index in [9.17, 15) is 15.0 Å². The molecule has 2 aliphatic rings. The highest BCUT2D eigenvalue weighted by molar-refractivity contribution is 5.77. The number of aliphatic hydroxyl groups excluding tert-OH is 1. The Bertz CT molecular complexity index is 621. The first kappa shape index (κ1) is 18.0. The number of aliphatic hydroxyl groups is 1. The molecule has 1 unspecified atom stereocenters. The lowest BCUT2D eigenvalue weighted by Crippen LogP contribution is -2.54. The van der Waals surface area contributed by atoms with E-state index in [1.54, 1.807) is 19.2 Å². The predicted octanol–water partition coefficient (Wildman–Crippen LogP) is 1.60. The fourth-order valence-corrected chi connectivity index (χ4v) is 4.30. The summed E-state index contributed by atoms with van der Waals surface area (Å²) in [4.78, 5) is 16.3. The van der Waals surface area contributed by atoms with Crippen LogP contribution in [-0.2, 0) is 11.3 Å². The number of phenolic OH excluding ortho intramolecular Hbond substituents is 1. The minimum atomic E-state index is 0.0245. The molecule has 2 N–H and O–H groups in total. The molecule has 2 fully saturated rings. The quantitative estimate of drug-likeness (QED) is 0.846. The zero-order valence-electron chi connectivity index (χ0n) is 14.9. The summed E-state index contributed by atoms with van der Waals surface area (Å²) in [6.07, 6.45) is 3.76. The van der Waals surface area contributed by atoms with Gasteiger partial charge < -0.3 is 19.8 Å². The van der Waals surface area contributed by atoms with Crippen LogP contribution in [0.3, 0.4) is 0 Å². The van der Waals surface area contributed by atoms with Crippen LogP contribution in [0.2, 0.25) is 0 Å². The normalized spacial score (nSPS) is 24.7. The molecule has 25 heavy (non-hydrogen) atoms. The average Bonchev–Trinajstić information content (AvgIpc) is 2.59. The first-order valence-electron chi connectivity index (χ1n) is 9.02. The van der Waals surface area contributed by atoms with Crippen molar-refractivity contribution in [3.8, 4) is 11.5 Å². The van der Waals surface area contributed by atoms with E-state index in [1.165, 1.54) is 0 Å². The van der Waals surface area contributed by atoms with Crippen LogP contribution in [0.25, 0.3) is 0 Å². The van der Waals surface area contributed by atoms with Gasteiger partial charge in [0.2, 0.25) is 5.91 Å². The van der Waals surface area contributed by atoms with Crippen LogP contribution in [0.1, 0.15) is 31.2 Å². The van der Waals surface area contributed by atoms with Crippen molar-refractivity contribution < 1.29 is 19.7 Å². The molecule has 138 valence electrons. The molecule has 2 saturated heterocycles. The maximum absolute atomic E-state index is 12.0. The number of piperidine rings is 2. The van der Waals surface area contributed by atoms with Crippen molar-refractivity contribution in [2.45, 2.75) is 32.2 Å². The van der Waals surface area contributed by atoms with Gasteiger partial charge in [-0.3, -0.25) is 9.69 Å². The van der Waals surface area contributed by atoms with E-state index < -0.39 is 0 Å². The first-order chi connectivity index (χ1) is 12.0. The van der Waals surface area contributed by atoms with Crippen LogP contribution in [0.4, 0.5) is 0 Å². The molecule has 3 rings (SSSR count). The van der Waals surface area contributed by atoms with E-state index in [0.29, 0.717) is 18.7 Å². The molecule has 0 radical (unpaired) electrons. The number of carbonyl (C=O) groups excluding carboxylic acids is 1. The number of amides is 1. The molecule has 6 nitrogen and oxygen atoms in total. The number of phenols is 1. The van der Waals surface area contributed by atoms with Crippen molar-refractivity contribution in [3.63, 3.8) is 0 Å². The minimum Gasteiger partial charge on any atom is -0.504 e. The van der Waals surface area contributed by atoms with E-state index in [2.05, 4.69) is 4.90 Å². The van der Waals surface area contributed by atoms with E-state index in [1.807, 2.05) is 11.0 Å². The van der Waals surface area contributed by atoms with Gasteiger partial charge in [0.15, 0.2) is 11.5 Å². The number of β-amino-alcohol motifs (C(OH)–C–C–N with tert-alkyl or cyclic N) is 1. The van der Waals surface area contributed by atoms with Crippen LogP contribution < -0.4 is 4.74 Å². The molecule has 1 atom stereocenters. The Hall–Kier alpha value is -1.79. The molecule has 1 aromatic rings. The Morgan fingerprint density at radius 2 is 2.12 bits per heavy atom. The fourth-order valence-electron chi connectivity index (χ4n) is 4.30. The third-order valence-corrected chi connectivity index (χ3v) is 5.51. The minimum absolute atomic E-state index is 0.0245. The summed E-state index contributed by atoms with van der Waals surface area (Å²) in [5.41, 5.74) is 1.20. The largest absolute Gasteiger partial charge is 0.504 e. The van der Waals surface area contributed by atoms with Crippen molar-refractivity contribution in [2.24, 2.45) is 5.41 Å². The third-order valence-electron chi connectivity index (χ3n) is 5.51. The van der Waals surface area contributed by atoms with E-state index in [-0.39, 0.29) is 23.7 Å². The number of ether oxygens (including phenoxy) is 1. The smallest absolute Gasteiger partial charge is 0.222 e. The van der Waals surface area contributed by atoms with Gasteiger partial charge in [-0.15, -0.1) is 0 Å². The number of benzene rings is 1. The second-order valence-electron chi connectivity index (χ2n) is 7.36. The van der Waals surface area contributed by atoms with Gasteiger partial charge in [-0.1, -0.05) is 6.07 Å². The number of methoxy groups -OCH3 is 1. The maximum Gasteiger partial charge on any atom is 0.222 e. The van der Waals surface area contributed by atoms with Gasteiger partial charge >= 0.3 is 0 Å². The van der Waals surface area contributed by atoms with E-state index in [0.717, 1.165) is 51.0 Å². The molecule has 0 saturated carbocycles. The summed E-state index contributed by atoms with van der Waals surface area (Å²) in [5, 5.41) is 19.2. The van der Waals surface area contributed by atoms with Crippen molar-refractivity contribution >= 4 is 5.91 Å². The van der Waals surface area contributed by atoms with Gasteiger partial charge in [0.05, 0.1) is 13.7 Å². The van der Waals surface area contributed by atoms with Crippen molar-refractivity contribution in [1.82, 2.24) is 9.80 Å². The zero-order valence-corrected chi connectivity index (χ0v) is 14.9. The number of carbonyl (C=O) groups is 1. The summed E-state index contributed by atoms with van der Waals surface area (Å²) in [7, 11) is 1.55. The van der Waals surface area contributed by atoms with Gasteiger partial charge in [-0.25, -0.2) is 0 Å². The standard InChI is InChI=1S/C19H28N2O4/c1-25-17-4-3-15(11-16(17)23)12-20-8-2-6-19(13-20)7-5-18(24)21(14-19)9-10-22/h3-4,11,22-23H,2,5-10,12-14H2,1H3. The van der Waals surface area contributed by atoms with E-state index >= 15 is 0 Å². The number of hydrogen-bond donors (Lipinski definition) is 2. The number of nitrogens with zero attached hydrogens (tertiary/aromatic N) is 2. The van der Waals surface area contributed by atoms with Crippen LogP contribution in [0.15, 0.2) is 18.2 Å². The highest BCUT2D eigenvalue weighted by Crippen LogP contribution is 2.39. The lowest BCUT2D eigenvalue weighted by molar-refractivity contribution is -0.140. The van der Waals surface area contributed by atoms with Gasteiger partial charge in [-0.05, 0) is 43.5 Å². The number of likely N-dealkylation sites (tertiary alicyclic amines) is 2. The Kier molecular flexibility index (Phi) is 5.49. The first-order valence-corrected chi connectivity index (χ1v) is 9.02. The summed E-state index contributed by atoms with van der Waals surface area (Å²) >= 11 is 0. The van der Waals surface area contributed by atoms with Crippen LogP contribution in [0.5, 0.6) is 11.5 Å². The molecule has 1 spiro atoms. The fraction of sp³-hybridized carbons (Fsp3) is 0.632. The summed E-state index contributed by atoms with van der Waals surface area (Å²) in [6, 6.07) is 5.55. The van der Waals surface area contributed by atoms with Crippen LogP contribution >= 0.6 is 0 Å². The van der Waals surface area contributed by atoms with Crippen LogP contribution in [-0.4, -0.2) is 65.8 Å². The molecule has 0 aliphatic carbocycles. The Morgan fingerprint density at radius 3 is 2.84 bits per heavy atom. The maximum atomic E-state index is 12.0. The lowest BCUT2D eigenvalue weighted by atomic mass is 9.73. The highest BCUT2D eigenvalue weighted by Gasteiger charge is 2.41. The molecule has 6 heteroatoms. The lowest BCUT2D eigenvalue weighted by Gasteiger charge is -2.48. The predicted molar refractivity (Wildman–Crippen MR) is 94.5 cm³/mol. The average molecular weight is 348 g/mol. The van der Waals surface area contributed by atoms with Gasteiger partial charge in [0.25, 0.3) is 0 Å². The molecule has 0 bridgehead atoms. The molecular weight excluding hydrogens is 320 g/mol. The summed E-state index contributed by atoms with van der Waals surface area (Å²) < 4.78 is 5.10. The second-order valence-corrected chi connectivity index (χ2v) is 7.36. The van der Waals surface area contributed by atoms with Gasteiger partial charge in [-0.2, -0.15) is 0 Å². The van der Waals surface area contributed by atoms with Gasteiger partial charge in [0, 0.05) is 38.0 Å². The van der Waals surface area contributed by atoms with Crippen molar-refractivity contribution in [1.29, 1.82) is 0 Å². The zero-order chi connectivity index (χ0) is 17.9. The Labute approximate surface area is 149 Å². The Morgan fingerprint density at radius 1 is 1.28 bits per heavy atom. The SMILES string of the molecule is COc1ccc(CN2CCCC3(CCC(=O)N(CCO)C3)C2)cc1O. The second kappa shape index (κ2) is 7.62. The van der Waals surface area contributed by atoms with Gasteiger partial charge in [0.1, 0.15) is 0 Å². The van der Waals surface area contributed by atoms with E-state index in [4.69, 9.17) is 4.74 Å². The molecule has 2 aliphatic heterocycles.